The van der Waals surface area contributed by atoms with Gasteiger partial charge in [-0.3, -0.25) is 14.6 Å². The van der Waals surface area contributed by atoms with Crippen LogP contribution < -0.4 is 0 Å². The molecule has 3 saturated heterocycles. The quantitative estimate of drug-likeness (QED) is 0.352. The lowest BCUT2D eigenvalue weighted by molar-refractivity contribution is -0.141. The first-order chi connectivity index (χ1) is 18.6. The molecule has 0 unspecified atom stereocenters. The Hall–Kier alpha value is -2.70. The molecule has 4 atom stereocenters. The molecule has 0 bridgehead atoms. The Kier molecular flexibility index (Phi) is 7.53. The van der Waals surface area contributed by atoms with Crippen molar-refractivity contribution in [1.82, 2.24) is 14.4 Å². The van der Waals surface area contributed by atoms with Gasteiger partial charge in [0, 0.05) is 55.2 Å². The summed E-state index contributed by atoms with van der Waals surface area (Å²) in [5.74, 6) is 1.11. The number of rotatable bonds is 8. The molecule has 5 nitrogen and oxygen atoms in total. The minimum Gasteiger partial charge on any atom is -0.469 e. The van der Waals surface area contributed by atoms with Gasteiger partial charge in [-0.2, -0.15) is 0 Å². The molecule has 2 aromatic carbocycles. The molecule has 0 aliphatic carbocycles. The molecule has 3 aliphatic rings. The molecule has 0 amide bonds. The van der Waals surface area contributed by atoms with E-state index in [0.29, 0.717) is 24.4 Å². The predicted octanol–water partition coefficient (Wildman–Crippen LogP) is 5.85. The van der Waals surface area contributed by atoms with E-state index < -0.39 is 0 Å². The Morgan fingerprint density at radius 3 is 2.63 bits per heavy atom. The van der Waals surface area contributed by atoms with Gasteiger partial charge in [0.05, 0.1) is 7.11 Å². The highest BCUT2D eigenvalue weighted by atomic mass is 19.1. The van der Waals surface area contributed by atoms with Gasteiger partial charge in [0.25, 0.3) is 0 Å². The molecule has 0 N–H and O–H groups in total. The number of fused-ring (bicyclic) bond motifs is 1. The van der Waals surface area contributed by atoms with Crippen molar-refractivity contribution >= 4 is 16.9 Å². The van der Waals surface area contributed by atoms with Gasteiger partial charge in [-0.25, -0.2) is 4.39 Å². The van der Waals surface area contributed by atoms with E-state index in [1.54, 1.807) is 12.1 Å². The summed E-state index contributed by atoms with van der Waals surface area (Å²) in [6.45, 7) is 5.30. The Bertz CT molecular complexity index is 1250. The van der Waals surface area contributed by atoms with E-state index in [0.717, 1.165) is 44.0 Å². The predicted molar refractivity (Wildman–Crippen MR) is 148 cm³/mol. The fourth-order valence-electron chi connectivity index (χ4n) is 7.80. The van der Waals surface area contributed by atoms with Crippen LogP contribution in [0, 0.1) is 17.7 Å². The number of carbonyl (C=O) groups excluding carboxylic acids is 1. The highest BCUT2D eigenvalue weighted by Gasteiger charge is 2.48. The van der Waals surface area contributed by atoms with Crippen molar-refractivity contribution in [3.63, 3.8) is 0 Å². The maximum atomic E-state index is 13.5. The Labute approximate surface area is 225 Å². The van der Waals surface area contributed by atoms with Crippen molar-refractivity contribution in [2.45, 2.75) is 70.1 Å². The molecular weight excluding hydrogens is 477 g/mol. The molecule has 0 radical (unpaired) electrons. The second-order valence-electron chi connectivity index (χ2n) is 11.6. The lowest BCUT2D eigenvalue weighted by Gasteiger charge is -2.57. The molecule has 3 fully saturated rings. The van der Waals surface area contributed by atoms with Gasteiger partial charge in [0.1, 0.15) is 5.82 Å². The second kappa shape index (κ2) is 11.2. The Balaban J connectivity index is 1.29. The van der Waals surface area contributed by atoms with Crippen LogP contribution in [-0.2, 0) is 22.6 Å². The topological polar surface area (TPSA) is 37.7 Å². The van der Waals surface area contributed by atoms with Gasteiger partial charge >= 0.3 is 5.97 Å². The third kappa shape index (κ3) is 5.13. The average molecular weight is 518 g/mol. The number of ether oxygens (including phenoxy) is 1. The lowest BCUT2D eigenvalue weighted by Crippen LogP contribution is -2.64. The summed E-state index contributed by atoms with van der Waals surface area (Å²) in [6.07, 6.45) is 9.97. The van der Waals surface area contributed by atoms with Crippen LogP contribution in [0.4, 0.5) is 4.39 Å². The summed E-state index contributed by atoms with van der Waals surface area (Å²) in [4.78, 5) is 17.5. The molecule has 6 rings (SSSR count). The fraction of sp³-hybridized carbons (Fsp3) is 0.531. The van der Waals surface area contributed by atoms with E-state index in [-0.39, 0.29) is 11.8 Å². The van der Waals surface area contributed by atoms with Crippen molar-refractivity contribution < 1.29 is 13.9 Å². The second-order valence-corrected chi connectivity index (χ2v) is 11.6. The van der Waals surface area contributed by atoms with E-state index in [1.165, 1.54) is 62.3 Å². The number of nitrogens with zero attached hydrogens (tertiary/aromatic N) is 3. The molecule has 3 aliphatic heterocycles. The fourth-order valence-corrected chi connectivity index (χ4v) is 7.80. The van der Waals surface area contributed by atoms with E-state index in [2.05, 4.69) is 44.8 Å². The SMILES string of the molecule is COC(=O)CCC[C@@H]1[C@H]2CCCN3CCC[C@H](CN1Cc1cn(Cc4ccc(F)cc4)c4ccccc14)[C@@H]23. The molecule has 3 aromatic rings. The molecule has 0 spiro atoms. The standard InChI is InChI=1S/C32H40FN3O2/c1-38-31(37)12-4-11-30-28-9-6-18-34-17-5-7-24(32(28)34)20-36(30)22-25-21-35(29-10-3-2-8-27(25)29)19-23-13-15-26(33)16-14-23/h2-3,8,10,13-16,21,24,28,30,32H,4-7,9,11-12,17-20,22H2,1H3/t24-,28-,30-,32+/m1/s1. The van der Waals surface area contributed by atoms with Crippen LogP contribution >= 0.6 is 0 Å². The van der Waals surface area contributed by atoms with Gasteiger partial charge < -0.3 is 9.30 Å². The highest BCUT2D eigenvalue weighted by Crippen LogP contribution is 2.44. The van der Waals surface area contributed by atoms with E-state index in [1.807, 2.05) is 12.1 Å². The molecule has 6 heteroatoms. The van der Waals surface area contributed by atoms with Gasteiger partial charge in [-0.1, -0.05) is 30.3 Å². The van der Waals surface area contributed by atoms with Crippen molar-refractivity contribution in [2.24, 2.45) is 11.8 Å². The van der Waals surface area contributed by atoms with Crippen molar-refractivity contribution in [2.75, 3.05) is 26.7 Å². The third-order valence-corrected chi connectivity index (χ3v) is 9.40. The average Bonchev–Trinajstić information content (AvgIpc) is 3.28. The zero-order chi connectivity index (χ0) is 26.1. The number of likely N-dealkylation sites (tertiary alicyclic amines) is 1. The number of benzene rings is 2. The number of hydrogen-bond donors (Lipinski definition) is 0. The van der Waals surface area contributed by atoms with E-state index in [9.17, 15) is 9.18 Å². The Morgan fingerprint density at radius 1 is 1.03 bits per heavy atom. The minimum atomic E-state index is -0.197. The first-order valence-electron chi connectivity index (χ1n) is 14.5. The van der Waals surface area contributed by atoms with Crippen molar-refractivity contribution in [3.05, 3.63) is 71.7 Å². The molecule has 0 saturated carbocycles. The summed E-state index contributed by atoms with van der Waals surface area (Å²) < 4.78 is 20.8. The summed E-state index contributed by atoms with van der Waals surface area (Å²) in [5, 5.41) is 1.30. The number of methoxy groups -OCH3 is 1. The number of piperidine rings is 3. The van der Waals surface area contributed by atoms with Crippen LogP contribution in [0.2, 0.25) is 0 Å². The first-order valence-corrected chi connectivity index (χ1v) is 14.5. The molecule has 202 valence electrons. The number of para-hydroxylation sites is 1. The number of carbonyl (C=O) groups is 1. The summed E-state index contributed by atoms with van der Waals surface area (Å²) in [6, 6.07) is 16.7. The van der Waals surface area contributed by atoms with E-state index in [4.69, 9.17) is 4.74 Å². The van der Waals surface area contributed by atoms with Crippen LogP contribution in [0.25, 0.3) is 10.9 Å². The normalized spacial score (nSPS) is 25.8. The third-order valence-electron chi connectivity index (χ3n) is 9.40. The zero-order valence-electron chi connectivity index (χ0n) is 22.5. The van der Waals surface area contributed by atoms with Crippen LogP contribution in [0.5, 0.6) is 0 Å². The molecule has 1 aromatic heterocycles. The van der Waals surface area contributed by atoms with Gasteiger partial charge in [0.15, 0.2) is 0 Å². The van der Waals surface area contributed by atoms with Crippen LogP contribution in [0.3, 0.4) is 0 Å². The number of hydrogen-bond acceptors (Lipinski definition) is 4. The van der Waals surface area contributed by atoms with Crippen LogP contribution in [0.1, 0.15) is 56.1 Å². The van der Waals surface area contributed by atoms with Gasteiger partial charge in [0.2, 0.25) is 0 Å². The maximum absolute atomic E-state index is 13.5. The number of esters is 1. The molecular formula is C32H40FN3O2. The van der Waals surface area contributed by atoms with Crippen molar-refractivity contribution in [3.8, 4) is 0 Å². The molecule has 38 heavy (non-hydrogen) atoms. The minimum absolute atomic E-state index is 0.1000. The summed E-state index contributed by atoms with van der Waals surface area (Å²) >= 11 is 0. The lowest BCUT2D eigenvalue weighted by atomic mass is 9.69. The Morgan fingerprint density at radius 2 is 1.82 bits per heavy atom. The smallest absolute Gasteiger partial charge is 0.305 e. The largest absolute Gasteiger partial charge is 0.469 e. The summed E-state index contributed by atoms with van der Waals surface area (Å²) in [7, 11) is 1.49. The number of aromatic nitrogens is 1. The monoisotopic (exact) mass is 517 g/mol. The van der Waals surface area contributed by atoms with Crippen molar-refractivity contribution in [1.29, 1.82) is 0 Å². The maximum Gasteiger partial charge on any atom is 0.305 e. The summed E-state index contributed by atoms with van der Waals surface area (Å²) in [5.41, 5.74) is 3.69. The zero-order valence-corrected chi connectivity index (χ0v) is 22.5. The van der Waals surface area contributed by atoms with Gasteiger partial charge in [-0.15, -0.1) is 0 Å². The van der Waals surface area contributed by atoms with Gasteiger partial charge in [-0.05, 0) is 92.8 Å². The number of halogens is 1. The van der Waals surface area contributed by atoms with E-state index >= 15 is 0 Å². The van der Waals surface area contributed by atoms with Crippen LogP contribution in [0.15, 0.2) is 54.7 Å². The molecule has 4 heterocycles. The first kappa shape index (κ1) is 25.6. The van der Waals surface area contributed by atoms with Crippen LogP contribution in [-0.4, -0.2) is 59.2 Å². The highest BCUT2D eigenvalue weighted by molar-refractivity contribution is 5.84.